The Morgan fingerprint density at radius 2 is 1.58 bits per heavy atom. The highest BCUT2D eigenvalue weighted by Gasteiger charge is 2.21. The molecule has 0 radical (unpaired) electrons. The lowest BCUT2D eigenvalue weighted by molar-refractivity contribution is 0.0556. The molecule has 2 atom stereocenters. The number of likely N-dealkylation sites (tertiary alicyclic amines) is 1. The molecule has 1 heterocycles. The summed E-state index contributed by atoms with van der Waals surface area (Å²) < 4.78 is 16.5. The van der Waals surface area contributed by atoms with Gasteiger partial charge in [0, 0.05) is 24.2 Å². The minimum Gasteiger partial charge on any atom is -0.497 e. The van der Waals surface area contributed by atoms with E-state index in [1.165, 1.54) is 0 Å². The van der Waals surface area contributed by atoms with Gasteiger partial charge in [0.25, 0.3) is 0 Å². The predicted octanol–water partition coefficient (Wildman–Crippen LogP) is 2.89. The zero-order chi connectivity index (χ0) is 23.6. The summed E-state index contributed by atoms with van der Waals surface area (Å²) in [7, 11) is 1.62. The Balaban J connectivity index is 1.27. The van der Waals surface area contributed by atoms with Crippen molar-refractivity contribution in [3.05, 3.63) is 53.1 Å². The van der Waals surface area contributed by atoms with Crippen LogP contribution in [0.5, 0.6) is 17.2 Å². The van der Waals surface area contributed by atoms with Gasteiger partial charge in [-0.25, -0.2) is 0 Å². The van der Waals surface area contributed by atoms with Crippen molar-refractivity contribution in [1.29, 1.82) is 0 Å². The number of hydrogen-bond donors (Lipinski definition) is 3. The van der Waals surface area contributed by atoms with Gasteiger partial charge in [0.1, 0.15) is 42.7 Å². The summed E-state index contributed by atoms with van der Waals surface area (Å²) in [4.78, 5) is 2.25. The molecule has 0 aromatic heterocycles. The van der Waals surface area contributed by atoms with Crippen molar-refractivity contribution in [1.82, 2.24) is 10.2 Å². The molecule has 33 heavy (non-hydrogen) atoms. The number of halogens is 1. The highest BCUT2D eigenvalue weighted by atomic mass is 35.5. The molecule has 3 N–H and O–H groups in total. The molecule has 1 fully saturated rings. The number of nitrogens with one attached hydrogen (secondary N) is 1. The van der Waals surface area contributed by atoms with Crippen molar-refractivity contribution in [2.45, 2.75) is 38.0 Å². The Morgan fingerprint density at radius 3 is 2.24 bits per heavy atom. The van der Waals surface area contributed by atoms with Gasteiger partial charge in [0.15, 0.2) is 0 Å². The van der Waals surface area contributed by atoms with Gasteiger partial charge in [-0.2, -0.15) is 0 Å². The lowest BCUT2D eigenvalue weighted by Crippen LogP contribution is -2.47. The van der Waals surface area contributed by atoms with Crippen molar-refractivity contribution < 1.29 is 24.4 Å². The number of aliphatic hydroxyl groups is 2. The van der Waals surface area contributed by atoms with E-state index in [0.717, 1.165) is 37.2 Å². The summed E-state index contributed by atoms with van der Waals surface area (Å²) in [5.74, 6) is 2.19. The van der Waals surface area contributed by atoms with Crippen LogP contribution in [0, 0.1) is 6.92 Å². The van der Waals surface area contributed by atoms with Gasteiger partial charge in [-0.15, -0.1) is 0 Å². The molecule has 1 aliphatic rings. The SMILES string of the molecule is COc1ccc(OC[C@H](O)CNC2CCN(C[C@@H](O)COc3ccc(Cl)c(C)c3)CC2)cc1. The topological polar surface area (TPSA) is 83.4 Å². The maximum atomic E-state index is 10.3. The van der Waals surface area contributed by atoms with E-state index in [2.05, 4.69) is 10.2 Å². The zero-order valence-electron chi connectivity index (χ0n) is 19.4. The summed E-state index contributed by atoms with van der Waals surface area (Å²) in [6.07, 6.45) is 0.800. The van der Waals surface area contributed by atoms with E-state index in [-0.39, 0.29) is 13.2 Å². The number of rotatable bonds is 12. The van der Waals surface area contributed by atoms with Crippen LogP contribution in [-0.2, 0) is 0 Å². The van der Waals surface area contributed by atoms with Crippen LogP contribution in [-0.4, -0.2) is 79.9 Å². The van der Waals surface area contributed by atoms with Crippen LogP contribution in [0.4, 0.5) is 0 Å². The van der Waals surface area contributed by atoms with Crippen LogP contribution < -0.4 is 19.5 Å². The number of aryl methyl sites for hydroxylation is 1. The van der Waals surface area contributed by atoms with Crippen LogP contribution in [0.1, 0.15) is 18.4 Å². The molecule has 0 amide bonds. The fourth-order valence-electron chi connectivity index (χ4n) is 3.80. The molecule has 8 heteroatoms. The second-order valence-corrected chi connectivity index (χ2v) is 8.91. The third-order valence-electron chi connectivity index (χ3n) is 5.77. The number of aliphatic hydroxyl groups excluding tert-OH is 2. The fraction of sp³-hybridized carbons (Fsp3) is 0.520. The summed E-state index contributed by atoms with van der Waals surface area (Å²) in [5, 5.41) is 24.7. The van der Waals surface area contributed by atoms with E-state index in [1.54, 1.807) is 13.2 Å². The molecule has 7 nitrogen and oxygen atoms in total. The largest absolute Gasteiger partial charge is 0.497 e. The number of benzene rings is 2. The number of piperidine rings is 1. The van der Waals surface area contributed by atoms with Gasteiger partial charge >= 0.3 is 0 Å². The Bertz CT molecular complexity index is 843. The molecular formula is C25H35ClN2O5. The molecule has 2 aromatic rings. The second-order valence-electron chi connectivity index (χ2n) is 8.50. The van der Waals surface area contributed by atoms with E-state index in [1.807, 2.05) is 43.3 Å². The van der Waals surface area contributed by atoms with Gasteiger partial charge in [-0.1, -0.05) is 11.6 Å². The number of hydrogen-bond acceptors (Lipinski definition) is 7. The van der Waals surface area contributed by atoms with Gasteiger partial charge in [0.05, 0.1) is 7.11 Å². The Labute approximate surface area is 201 Å². The summed E-state index contributed by atoms with van der Waals surface area (Å²) in [6.45, 7) is 5.27. The molecular weight excluding hydrogens is 444 g/mol. The van der Waals surface area contributed by atoms with Gasteiger partial charge in [-0.3, -0.25) is 0 Å². The minimum atomic E-state index is -0.583. The van der Waals surface area contributed by atoms with Crippen LogP contribution in [0.3, 0.4) is 0 Å². The van der Waals surface area contributed by atoms with Crippen molar-refractivity contribution in [3.8, 4) is 17.2 Å². The third kappa shape index (κ3) is 8.68. The molecule has 0 aliphatic carbocycles. The van der Waals surface area contributed by atoms with Crippen molar-refractivity contribution in [2.24, 2.45) is 0 Å². The van der Waals surface area contributed by atoms with Gasteiger partial charge in [-0.05, 0) is 80.9 Å². The highest BCUT2D eigenvalue weighted by molar-refractivity contribution is 6.31. The Kier molecular flexibility index (Phi) is 10.1. The first-order valence-electron chi connectivity index (χ1n) is 11.4. The average molecular weight is 479 g/mol. The number of β-amino-alcohol motifs (C(OH)–C–C–N with tert-alkyl or cyclic N) is 1. The molecule has 182 valence electrons. The summed E-state index contributed by atoms with van der Waals surface area (Å²) in [5.41, 5.74) is 0.954. The van der Waals surface area contributed by atoms with Crippen molar-refractivity contribution >= 4 is 11.6 Å². The first-order valence-corrected chi connectivity index (χ1v) is 11.8. The molecule has 0 bridgehead atoms. The van der Waals surface area contributed by atoms with E-state index in [9.17, 15) is 10.2 Å². The van der Waals surface area contributed by atoms with Crippen molar-refractivity contribution in [3.63, 3.8) is 0 Å². The minimum absolute atomic E-state index is 0.234. The lowest BCUT2D eigenvalue weighted by Gasteiger charge is -2.33. The normalized spacial score (nSPS) is 16.9. The molecule has 0 saturated carbocycles. The second kappa shape index (κ2) is 13.0. The third-order valence-corrected chi connectivity index (χ3v) is 6.20. The average Bonchev–Trinajstić information content (AvgIpc) is 2.83. The van der Waals surface area contributed by atoms with Gasteiger partial charge in [0.2, 0.25) is 0 Å². The maximum Gasteiger partial charge on any atom is 0.119 e. The lowest BCUT2D eigenvalue weighted by atomic mass is 10.0. The Morgan fingerprint density at radius 1 is 0.970 bits per heavy atom. The van der Waals surface area contributed by atoms with Crippen LogP contribution >= 0.6 is 11.6 Å². The monoisotopic (exact) mass is 478 g/mol. The van der Waals surface area contributed by atoms with E-state index < -0.39 is 12.2 Å². The van der Waals surface area contributed by atoms with E-state index >= 15 is 0 Å². The molecule has 1 saturated heterocycles. The standard InChI is InChI=1S/C25H35ClN2O5/c1-18-13-24(7-8-25(18)26)33-17-21(30)15-28-11-9-19(10-12-28)27-14-20(29)16-32-23-5-3-22(31-2)4-6-23/h3-8,13,19-21,27,29-30H,9-12,14-17H2,1-2H3/t20-,21-/m1/s1. The molecule has 0 unspecified atom stereocenters. The molecule has 0 spiro atoms. The molecule has 1 aliphatic heterocycles. The summed E-state index contributed by atoms with van der Waals surface area (Å²) in [6, 6.07) is 13.2. The Hall–Kier alpha value is -2.03. The highest BCUT2D eigenvalue weighted by Crippen LogP contribution is 2.21. The zero-order valence-corrected chi connectivity index (χ0v) is 20.1. The van der Waals surface area contributed by atoms with E-state index in [4.69, 9.17) is 25.8 Å². The first kappa shape index (κ1) is 25.6. The van der Waals surface area contributed by atoms with Gasteiger partial charge < -0.3 is 34.6 Å². The summed E-state index contributed by atoms with van der Waals surface area (Å²) >= 11 is 6.03. The maximum absolute atomic E-state index is 10.3. The number of ether oxygens (including phenoxy) is 3. The molecule has 2 aromatic carbocycles. The molecule has 3 rings (SSSR count). The van der Waals surface area contributed by atoms with Crippen molar-refractivity contribution in [2.75, 3.05) is 46.5 Å². The quantitative estimate of drug-likeness (QED) is 0.432. The van der Waals surface area contributed by atoms with Crippen LogP contribution in [0.25, 0.3) is 0 Å². The smallest absolute Gasteiger partial charge is 0.119 e. The first-order chi connectivity index (χ1) is 15.9. The fourth-order valence-corrected chi connectivity index (χ4v) is 3.91. The number of nitrogens with zero attached hydrogens (tertiary/aromatic N) is 1. The number of methoxy groups -OCH3 is 1. The van der Waals surface area contributed by atoms with Crippen LogP contribution in [0.15, 0.2) is 42.5 Å². The van der Waals surface area contributed by atoms with Crippen LogP contribution in [0.2, 0.25) is 5.02 Å². The predicted molar refractivity (Wildman–Crippen MR) is 130 cm³/mol. The van der Waals surface area contributed by atoms with E-state index in [0.29, 0.717) is 35.7 Å².